The topological polar surface area (TPSA) is 62.3 Å². The average Bonchev–Trinajstić information content (AvgIpc) is 2.70. The lowest BCUT2D eigenvalue weighted by Gasteiger charge is -2.22. The van der Waals surface area contributed by atoms with Crippen LogP contribution in [0.2, 0.25) is 5.02 Å². The SMILES string of the molecule is CC(=O)N(c1cccc(C(F)(F)F)c1)c1cc(NC(=O)Cc2ccc(F)cc2Cl)ccn1. The number of nitrogens with one attached hydrogen (secondary N) is 1. The first kappa shape index (κ1) is 23.2. The van der Waals surface area contributed by atoms with Gasteiger partial charge in [0.25, 0.3) is 0 Å². The minimum atomic E-state index is -4.58. The molecule has 3 aromatic rings. The van der Waals surface area contributed by atoms with Gasteiger partial charge in [0.15, 0.2) is 0 Å². The Bertz CT molecular complexity index is 1170. The molecule has 0 fully saturated rings. The van der Waals surface area contributed by atoms with Crippen molar-refractivity contribution in [2.45, 2.75) is 19.5 Å². The second-order valence-electron chi connectivity index (χ2n) is 6.77. The number of hydrogen-bond acceptors (Lipinski definition) is 3. The van der Waals surface area contributed by atoms with E-state index in [-0.39, 0.29) is 28.6 Å². The van der Waals surface area contributed by atoms with Crippen LogP contribution in [0.15, 0.2) is 60.8 Å². The van der Waals surface area contributed by atoms with Crippen LogP contribution in [0.5, 0.6) is 0 Å². The Morgan fingerprint density at radius 3 is 2.50 bits per heavy atom. The average molecular weight is 466 g/mol. The maximum Gasteiger partial charge on any atom is 0.416 e. The first-order chi connectivity index (χ1) is 15.0. The summed E-state index contributed by atoms with van der Waals surface area (Å²) in [5, 5.41) is 2.70. The Morgan fingerprint density at radius 1 is 1.09 bits per heavy atom. The lowest BCUT2D eigenvalue weighted by atomic mass is 10.1. The molecule has 0 aliphatic carbocycles. The number of alkyl halides is 3. The maximum absolute atomic E-state index is 13.2. The van der Waals surface area contributed by atoms with Gasteiger partial charge in [-0.3, -0.25) is 14.5 Å². The molecule has 2 amide bonds. The van der Waals surface area contributed by atoms with E-state index in [4.69, 9.17) is 11.6 Å². The Morgan fingerprint density at radius 2 is 1.84 bits per heavy atom. The molecule has 0 radical (unpaired) electrons. The molecule has 0 aliphatic rings. The van der Waals surface area contributed by atoms with E-state index in [1.807, 2.05) is 0 Å². The van der Waals surface area contributed by atoms with Crippen molar-refractivity contribution in [3.8, 4) is 0 Å². The molecule has 10 heteroatoms. The summed E-state index contributed by atoms with van der Waals surface area (Å²) in [5.41, 5.74) is -0.270. The molecule has 0 spiro atoms. The van der Waals surface area contributed by atoms with Crippen LogP contribution in [-0.2, 0) is 22.2 Å². The van der Waals surface area contributed by atoms with Crippen LogP contribution in [0.4, 0.5) is 34.8 Å². The monoisotopic (exact) mass is 465 g/mol. The quantitative estimate of drug-likeness (QED) is 0.487. The number of nitrogens with zero attached hydrogens (tertiary/aromatic N) is 2. The highest BCUT2D eigenvalue weighted by atomic mass is 35.5. The van der Waals surface area contributed by atoms with E-state index in [0.717, 1.165) is 23.1 Å². The molecular weight excluding hydrogens is 450 g/mol. The van der Waals surface area contributed by atoms with Crippen molar-refractivity contribution in [3.63, 3.8) is 0 Å². The predicted octanol–water partition coefficient (Wildman–Crippen LogP) is 5.76. The van der Waals surface area contributed by atoms with Gasteiger partial charge in [-0.1, -0.05) is 23.7 Å². The van der Waals surface area contributed by atoms with Crippen LogP contribution < -0.4 is 10.2 Å². The second-order valence-corrected chi connectivity index (χ2v) is 7.17. The molecule has 0 saturated carbocycles. The van der Waals surface area contributed by atoms with Crippen LogP contribution in [-0.4, -0.2) is 16.8 Å². The summed E-state index contributed by atoms with van der Waals surface area (Å²) in [5.74, 6) is -1.55. The third-order valence-corrected chi connectivity index (χ3v) is 4.72. The fourth-order valence-electron chi connectivity index (χ4n) is 2.96. The zero-order valence-corrected chi connectivity index (χ0v) is 17.3. The molecule has 32 heavy (non-hydrogen) atoms. The molecule has 1 aromatic heterocycles. The number of halogens is 5. The summed E-state index contributed by atoms with van der Waals surface area (Å²) in [7, 11) is 0. The van der Waals surface area contributed by atoms with Gasteiger partial charge in [0.1, 0.15) is 11.6 Å². The van der Waals surface area contributed by atoms with E-state index in [0.29, 0.717) is 5.56 Å². The largest absolute Gasteiger partial charge is 0.416 e. The molecule has 0 atom stereocenters. The molecule has 1 heterocycles. The van der Waals surface area contributed by atoms with E-state index < -0.39 is 29.4 Å². The molecule has 2 aromatic carbocycles. The van der Waals surface area contributed by atoms with Gasteiger partial charge in [0, 0.05) is 29.9 Å². The van der Waals surface area contributed by atoms with Gasteiger partial charge in [-0.25, -0.2) is 9.37 Å². The van der Waals surface area contributed by atoms with Crippen molar-refractivity contribution >= 4 is 40.6 Å². The molecule has 166 valence electrons. The van der Waals surface area contributed by atoms with Crippen LogP contribution >= 0.6 is 11.6 Å². The fourth-order valence-corrected chi connectivity index (χ4v) is 3.19. The van der Waals surface area contributed by atoms with E-state index >= 15 is 0 Å². The predicted molar refractivity (Wildman–Crippen MR) is 112 cm³/mol. The Hall–Kier alpha value is -3.46. The smallest absolute Gasteiger partial charge is 0.326 e. The number of anilines is 3. The van der Waals surface area contributed by atoms with E-state index in [9.17, 15) is 27.2 Å². The van der Waals surface area contributed by atoms with Gasteiger partial charge < -0.3 is 5.32 Å². The normalized spacial score (nSPS) is 11.2. The summed E-state index contributed by atoms with van der Waals surface area (Å²) >= 11 is 5.94. The van der Waals surface area contributed by atoms with Crippen LogP contribution in [0.25, 0.3) is 0 Å². The summed E-state index contributed by atoms with van der Waals surface area (Å²) in [6, 6.07) is 10.7. The molecule has 0 bridgehead atoms. The summed E-state index contributed by atoms with van der Waals surface area (Å²) in [6.45, 7) is 1.18. The second kappa shape index (κ2) is 9.35. The van der Waals surface area contributed by atoms with Crippen LogP contribution in [0.1, 0.15) is 18.1 Å². The minimum Gasteiger partial charge on any atom is -0.326 e. The van der Waals surface area contributed by atoms with Gasteiger partial charge in [0.2, 0.25) is 11.8 Å². The lowest BCUT2D eigenvalue weighted by molar-refractivity contribution is -0.137. The Labute approximate surface area is 185 Å². The number of benzene rings is 2. The van der Waals surface area contributed by atoms with E-state index in [1.54, 1.807) is 0 Å². The molecular formula is C22H16ClF4N3O2. The number of pyridine rings is 1. The Kier molecular flexibility index (Phi) is 6.78. The Balaban J connectivity index is 1.84. The number of hydrogen-bond donors (Lipinski definition) is 1. The highest BCUT2D eigenvalue weighted by molar-refractivity contribution is 6.31. The number of amides is 2. The molecule has 0 saturated heterocycles. The van der Waals surface area contributed by atoms with Crippen LogP contribution in [0, 0.1) is 5.82 Å². The molecule has 0 aliphatic heterocycles. The molecule has 0 unspecified atom stereocenters. The number of aromatic nitrogens is 1. The standard InChI is InChI=1S/C22H16ClF4N3O2/c1-13(31)30(18-4-2-3-15(10-18)22(25,26)27)20-12-17(7-8-28-20)29-21(32)9-14-5-6-16(24)11-19(14)23/h2-8,10-12H,9H2,1H3,(H,28,29,32). The van der Waals surface area contributed by atoms with E-state index in [1.165, 1.54) is 49.5 Å². The summed E-state index contributed by atoms with van der Waals surface area (Å²) in [4.78, 5) is 29.6. The molecule has 5 nitrogen and oxygen atoms in total. The van der Waals surface area contributed by atoms with Crippen molar-refractivity contribution in [1.29, 1.82) is 0 Å². The highest BCUT2D eigenvalue weighted by Gasteiger charge is 2.31. The van der Waals surface area contributed by atoms with Crippen molar-refractivity contribution in [1.82, 2.24) is 4.98 Å². The first-order valence-electron chi connectivity index (χ1n) is 9.22. The van der Waals surface area contributed by atoms with Crippen LogP contribution in [0.3, 0.4) is 0 Å². The van der Waals surface area contributed by atoms with Gasteiger partial charge >= 0.3 is 6.18 Å². The zero-order chi connectivity index (χ0) is 23.5. The number of carbonyl (C=O) groups excluding carboxylic acids is 2. The summed E-state index contributed by atoms with van der Waals surface area (Å²) < 4.78 is 52.4. The van der Waals surface area contributed by atoms with Gasteiger partial charge in [-0.2, -0.15) is 13.2 Å². The van der Waals surface area contributed by atoms with Crippen molar-refractivity contribution in [2.75, 3.05) is 10.2 Å². The third kappa shape index (κ3) is 5.61. The number of carbonyl (C=O) groups is 2. The number of rotatable bonds is 5. The van der Waals surface area contributed by atoms with Crippen molar-refractivity contribution < 1.29 is 27.2 Å². The lowest BCUT2D eigenvalue weighted by Crippen LogP contribution is -2.24. The van der Waals surface area contributed by atoms with E-state index in [2.05, 4.69) is 10.3 Å². The van der Waals surface area contributed by atoms with Crippen molar-refractivity contribution in [2.24, 2.45) is 0 Å². The van der Waals surface area contributed by atoms with Gasteiger partial charge in [-0.15, -0.1) is 0 Å². The zero-order valence-electron chi connectivity index (χ0n) is 16.6. The van der Waals surface area contributed by atoms with Gasteiger partial charge in [0.05, 0.1) is 17.7 Å². The maximum atomic E-state index is 13.2. The first-order valence-corrected chi connectivity index (χ1v) is 9.60. The summed E-state index contributed by atoms with van der Waals surface area (Å²) in [6.07, 6.45) is -3.41. The fraction of sp³-hybridized carbons (Fsp3) is 0.136. The minimum absolute atomic E-state index is 0.0226. The molecule has 1 N–H and O–H groups in total. The third-order valence-electron chi connectivity index (χ3n) is 4.37. The highest BCUT2D eigenvalue weighted by Crippen LogP contribution is 2.34. The van der Waals surface area contributed by atoms with Gasteiger partial charge in [-0.05, 0) is 42.0 Å². The van der Waals surface area contributed by atoms with Crippen molar-refractivity contribution in [3.05, 3.63) is 82.8 Å². The molecule has 3 rings (SSSR count).